The van der Waals surface area contributed by atoms with Gasteiger partial charge in [0.25, 0.3) is 0 Å². The Hall–Kier alpha value is -3.18. The number of ether oxygens (including phenoxy) is 3. The minimum absolute atomic E-state index is 0.0434. The van der Waals surface area contributed by atoms with Crippen LogP contribution in [0, 0.1) is 0 Å². The van der Waals surface area contributed by atoms with Gasteiger partial charge in [-0.15, -0.1) is 0 Å². The Morgan fingerprint density at radius 3 is 1.32 bits per heavy atom. The van der Waals surface area contributed by atoms with Crippen LogP contribution in [0.1, 0.15) is 213 Å². The number of carbonyl (C=O) groups excluding carboxylic acids is 2. The SMILES string of the molecule is CC/C=C\C/C=C\C/C=C\C/C=C\C/C=C\CCCC(=O)OCC(COCCCCCCCC/C=C\C/C=C\CCCCC)OC(=O)CCCCCCC/C=C\CCCC. The Morgan fingerprint density at radius 2 is 0.783 bits per heavy atom. The molecule has 0 aliphatic carbocycles. The van der Waals surface area contributed by atoms with Gasteiger partial charge in [0.15, 0.2) is 6.10 Å². The molecule has 0 aromatic heterocycles. The largest absolute Gasteiger partial charge is 0.462 e. The van der Waals surface area contributed by atoms with Gasteiger partial charge in [0.1, 0.15) is 6.61 Å². The summed E-state index contributed by atoms with van der Waals surface area (Å²) in [6, 6.07) is 0. The molecule has 0 bridgehead atoms. The summed E-state index contributed by atoms with van der Waals surface area (Å²) in [5, 5.41) is 0. The summed E-state index contributed by atoms with van der Waals surface area (Å²) in [4.78, 5) is 25.3. The van der Waals surface area contributed by atoms with Crippen LogP contribution in [-0.4, -0.2) is 37.9 Å². The van der Waals surface area contributed by atoms with E-state index in [2.05, 4.69) is 118 Å². The van der Waals surface area contributed by atoms with E-state index in [-0.39, 0.29) is 25.2 Å². The molecule has 0 aromatic rings. The second-order valence-electron chi connectivity index (χ2n) is 16.0. The van der Waals surface area contributed by atoms with Gasteiger partial charge in [0, 0.05) is 19.4 Å². The smallest absolute Gasteiger partial charge is 0.306 e. The molecule has 0 aromatic carbocycles. The fourth-order valence-electron chi connectivity index (χ4n) is 6.38. The molecule has 0 N–H and O–H groups in total. The van der Waals surface area contributed by atoms with Crippen LogP contribution in [-0.2, 0) is 23.8 Å². The first-order chi connectivity index (χ1) is 29.6. The topological polar surface area (TPSA) is 61.8 Å². The molecule has 0 saturated heterocycles. The van der Waals surface area contributed by atoms with Gasteiger partial charge in [-0.2, -0.15) is 0 Å². The molecule has 0 radical (unpaired) electrons. The number of hydrogen-bond donors (Lipinski definition) is 0. The molecule has 0 spiro atoms. The van der Waals surface area contributed by atoms with Crippen molar-refractivity contribution >= 4 is 11.9 Å². The molecular weight excluding hydrogens is 741 g/mol. The Kier molecular flexibility index (Phi) is 47.5. The van der Waals surface area contributed by atoms with Gasteiger partial charge in [-0.1, -0.05) is 189 Å². The summed E-state index contributed by atoms with van der Waals surface area (Å²) in [7, 11) is 0. The number of unbranched alkanes of at least 4 members (excludes halogenated alkanes) is 17. The average Bonchev–Trinajstić information content (AvgIpc) is 3.25. The van der Waals surface area contributed by atoms with Crippen molar-refractivity contribution in [3.8, 4) is 0 Å². The predicted octanol–water partition coefficient (Wildman–Crippen LogP) is 16.7. The molecule has 0 heterocycles. The van der Waals surface area contributed by atoms with Crippen molar-refractivity contribution in [2.75, 3.05) is 19.8 Å². The lowest BCUT2D eigenvalue weighted by Gasteiger charge is -2.18. The summed E-state index contributed by atoms with van der Waals surface area (Å²) in [5.41, 5.74) is 0. The minimum Gasteiger partial charge on any atom is -0.462 e. The second-order valence-corrected chi connectivity index (χ2v) is 16.0. The maximum Gasteiger partial charge on any atom is 0.306 e. The quantitative estimate of drug-likeness (QED) is 0.0348. The predicted molar refractivity (Wildman–Crippen MR) is 260 cm³/mol. The first-order valence-corrected chi connectivity index (χ1v) is 24.8. The van der Waals surface area contributed by atoms with E-state index in [1.54, 1.807) is 0 Å². The van der Waals surface area contributed by atoms with Gasteiger partial charge in [-0.3, -0.25) is 9.59 Å². The lowest BCUT2D eigenvalue weighted by molar-refractivity contribution is -0.163. The van der Waals surface area contributed by atoms with E-state index in [0.717, 1.165) is 89.9 Å². The van der Waals surface area contributed by atoms with Crippen molar-refractivity contribution in [3.05, 3.63) is 97.2 Å². The van der Waals surface area contributed by atoms with Crippen LogP contribution in [0.3, 0.4) is 0 Å². The molecule has 60 heavy (non-hydrogen) atoms. The van der Waals surface area contributed by atoms with Crippen molar-refractivity contribution in [2.45, 2.75) is 219 Å². The lowest BCUT2D eigenvalue weighted by atomic mass is 10.1. The zero-order valence-corrected chi connectivity index (χ0v) is 39.2. The Balaban J connectivity index is 4.38. The molecule has 0 fully saturated rings. The fourth-order valence-corrected chi connectivity index (χ4v) is 6.38. The molecule has 0 saturated carbocycles. The van der Waals surface area contributed by atoms with E-state index >= 15 is 0 Å². The van der Waals surface area contributed by atoms with Crippen LogP contribution in [0.15, 0.2) is 97.2 Å². The highest BCUT2D eigenvalue weighted by molar-refractivity contribution is 5.70. The summed E-state index contributed by atoms with van der Waals surface area (Å²) < 4.78 is 17.3. The van der Waals surface area contributed by atoms with Crippen molar-refractivity contribution < 1.29 is 23.8 Å². The molecule has 0 amide bonds. The van der Waals surface area contributed by atoms with E-state index < -0.39 is 6.10 Å². The highest BCUT2D eigenvalue weighted by atomic mass is 16.6. The van der Waals surface area contributed by atoms with E-state index in [1.807, 2.05) is 0 Å². The van der Waals surface area contributed by atoms with Crippen molar-refractivity contribution in [2.24, 2.45) is 0 Å². The zero-order chi connectivity index (χ0) is 43.5. The maximum atomic E-state index is 12.7. The molecule has 0 rings (SSSR count). The highest BCUT2D eigenvalue weighted by Crippen LogP contribution is 2.12. The monoisotopic (exact) mass is 833 g/mol. The second kappa shape index (κ2) is 50.2. The van der Waals surface area contributed by atoms with Crippen molar-refractivity contribution in [3.63, 3.8) is 0 Å². The first kappa shape index (κ1) is 56.8. The number of allylic oxidation sites excluding steroid dienone is 16. The molecule has 1 atom stereocenters. The van der Waals surface area contributed by atoms with Crippen LogP contribution < -0.4 is 0 Å². The van der Waals surface area contributed by atoms with Crippen molar-refractivity contribution in [1.29, 1.82) is 0 Å². The van der Waals surface area contributed by atoms with Crippen molar-refractivity contribution in [1.82, 2.24) is 0 Å². The summed E-state index contributed by atoms with van der Waals surface area (Å²) in [6.45, 7) is 7.55. The van der Waals surface area contributed by atoms with E-state index in [1.165, 1.54) is 89.9 Å². The van der Waals surface area contributed by atoms with Gasteiger partial charge in [-0.05, 0) is 109 Å². The van der Waals surface area contributed by atoms with E-state index in [9.17, 15) is 9.59 Å². The molecular formula is C55H92O5. The fraction of sp³-hybridized carbons (Fsp3) is 0.673. The number of hydrogen-bond acceptors (Lipinski definition) is 5. The Bertz CT molecular complexity index is 1170. The van der Waals surface area contributed by atoms with Crippen LogP contribution in [0.25, 0.3) is 0 Å². The minimum atomic E-state index is -0.573. The summed E-state index contributed by atoms with van der Waals surface area (Å²) in [5.74, 6) is -0.487. The Morgan fingerprint density at radius 1 is 0.383 bits per heavy atom. The molecule has 5 heteroatoms. The first-order valence-electron chi connectivity index (χ1n) is 24.8. The number of rotatable bonds is 44. The third kappa shape index (κ3) is 47.5. The standard InChI is InChI=1S/C55H92O5/c1-4-7-10-13-16-19-22-24-26-28-29-31-34-36-39-42-45-48-54(56)59-52-53(60-55(57)49-46-43-40-37-33-21-18-15-12-9-6-3)51-58-50-47-44-41-38-35-32-30-27-25-23-20-17-14-11-8-5-2/h7,10,15-20,24-27,29,31,36,39,53H,4-6,8-9,11-14,21-23,28,30,32-35,37-38,40-52H2,1-3H3/b10-7-,18-15-,19-16-,20-17-,26-24-,27-25-,31-29-,39-36-. The van der Waals surface area contributed by atoms with Gasteiger partial charge < -0.3 is 14.2 Å². The number of esters is 2. The molecule has 342 valence electrons. The van der Waals surface area contributed by atoms with Crippen LogP contribution >= 0.6 is 0 Å². The third-order valence-electron chi connectivity index (χ3n) is 10.1. The van der Waals surface area contributed by atoms with Gasteiger partial charge in [0.2, 0.25) is 0 Å². The normalized spacial score (nSPS) is 13.1. The Labute approximate surface area is 371 Å². The van der Waals surface area contributed by atoms with Gasteiger partial charge in [0.05, 0.1) is 6.61 Å². The summed E-state index contributed by atoms with van der Waals surface area (Å²) in [6.07, 6.45) is 67.0. The van der Waals surface area contributed by atoms with E-state index in [4.69, 9.17) is 14.2 Å². The summed E-state index contributed by atoms with van der Waals surface area (Å²) >= 11 is 0. The molecule has 0 aliphatic heterocycles. The molecule has 0 aliphatic rings. The van der Waals surface area contributed by atoms with Gasteiger partial charge >= 0.3 is 11.9 Å². The van der Waals surface area contributed by atoms with Crippen LogP contribution in [0.2, 0.25) is 0 Å². The highest BCUT2D eigenvalue weighted by Gasteiger charge is 2.17. The van der Waals surface area contributed by atoms with E-state index in [0.29, 0.717) is 19.4 Å². The molecule has 5 nitrogen and oxygen atoms in total. The lowest BCUT2D eigenvalue weighted by Crippen LogP contribution is -2.30. The molecule has 1 unspecified atom stereocenters. The zero-order valence-electron chi connectivity index (χ0n) is 39.2. The van der Waals surface area contributed by atoms with Crippen LogP contribution in [0.4, 0.5) is 0 Å². The third-order valence-corrected chi connectivity index (χ3v) is 10.1. The van der Waals surface area contributed by atoms with Gasteiger partial charge in [-0.25, -0.2) is 0 Å². The average molecular weight is 833 g/mol. The van der Waals surface area contributed by atoms with Crippen LogP contribution in [0.5, 0.6) is 0 Å². The number of carbonyl (C=O) groups is 2. The maximum absolute atomic E-state index is 12.7.